The average Bonchev–Trinajstić information content (AvgIpc) is 3.21. The Hall–Kier alpha value is -3.52. The van der Waals surface area contributed by atoms with Crippen molar-refractivity contribution in [2.75, 3.05) is 18.5 Å². The number of ether oxygens (including phenoxy) is 1. The zero-order valence-electron chi connectivity index (χ0n) is 17.3. The largest absolute Gasteiger partial charge is 0.484 e. The SMILES string of the molecule is CC(=O)NCCc1ccc(-c2csc(NC(=O)COc3ccc(C(C)=O)cc3)n2)cc1. The second kappa shape index (κ2) is 10.5. The lowest BCUT2D eigenvalue weighted by Crippen LogP contribution is -2.22. The molecule has 0 saturated heterocycles. The van der Waals surface area contributed by atoms with Crippen LogP contribution in [0, 0.1) is 0 Å². The Morgan fingerprint density at radius 1 is 1.00 bits per heavy atom. The summed E-state index contributed by atoms with van der Waals surface area (Å²) in [5, 5.41) is 7.88. The van der Waals surface area contributed by atoms with Gasteiger partial charge in [0.25, 0.3) is 5.91 Å². The molecule has 0 atom stereocenters. The number of hydrogen-bond acceptors (Lipinski definition) is 6. The van der Waals surface area contributed by atoms with Crippen LogP contribution in [0.2, 0.25) is 0 Å². The number of hydrogen-bond donors (Lipinski definition) is 2. The van der Waals surface area contributed by atoms with Crippen LogP contribution in [-0.2, 0) is 16.0 Å². The summed E-state index contributed by atoms with van der Waals surface area (Å²) in [6, 6.07) is 14.6. The lowest BCUT2D eigenvalue weighted by molar-refractivity contribution is -0.119. The van der Waals surface area contributed by atoms with Gasteiger partial charge >= 0.3 is 0 Å². The first kappa shape index (κ1) is 22.2. The van der Waals surface area contributed by atoms with Gasteiger partial charge in [-0.1, -0.05) is 24.3 Å². The minimum Gasteiger partial charge on any atom is -0.484 e. The Morgan fingerprint density at radius 3 is 2.35 bits per heavy atom. The molecule has 0 aliphatic rings. The number of carbonyl (C=O) groups is 3. The summed E-state index contributed by atoms with van der Waals surface area (Å²) >= 11 is 1.34. The summed E-state index contributed by atoms with van der Waals surface area (Å²) in [6.07, 6.45) is 0.760. The van der Waals surface area contributed by atoms with Crippen molar-refractivity contribution in [3.8, 4) is 17.0 Å². The van der Waals surface area contributed by atoms with Gasteiger partial charge in [-0.3, -0.25) is 19.7 Å². The molecule has 2 aromatic carbocycles. The minimum absolute atomic E-state index is 0.0245. The molecular formula is C23H23N3O4S. The molecule has 1 aromatic heterocycles. The predicted molar refractivity (Wildman–Crippen MR) is 121 cm³/mol. The van der Waals surface area contributed by atoms with E-state index >= 15 is 0 Å². The summed E-state index contributed by atoms with van der Waals surface area (Å²) in [5.74, 6) is 0.136. The van der Waals surface area contributed by atoms with Crippen LogP contribution in [-0.4, -0.2) is 35.7 Å². The van der Waals surface area contributed by atoms with Crippen molar-refractivity contribution in [3.63, 3.8) is 0 Å². The van der Waals surface area contributed by atoms with Crippen molar-refractivity contribution < 1.29 is 19.1 Å². The number of benzene rings is 2. The highest BCUT2D eigenvalue weighted by atomic mass is 32.1. The monoisotopic (exact) mass is 437 g/mol. The van der Waals surface area contributed by atoms with Crippen molar-refractivity contribution in [2.45, 2.75) is 20.3 Å². The van der Waals surface area contributed by atoms with Crippen molar-refractivity contribution in [1.29, 1.82) is 0 Å². The number of aromatic nitrogens is 1. The molecule has 0 unspecified atom stereocenters. The number of thiazole rings is 1. The molecule has 3 rings (SSSR count). The number of nitrogens with one attached hydrogen (secondary N) is 2. The van der Waals surface area contributed by atoms with Crippen LogP contribution >= 0.6 is 11.3 Å². The fraction of sp³-hybridized carbons (Fsp3) is 0.217. The molecule has 0 bridgehead atoms. The number of amides is 2. The molecule has 0 fully saturated rings. The Balaban J connectivity index is 1.50. The molecule has 0 spiro atoms. The van der Waals surface area contributed by atoms with Gasteiger partial charge in [0.15, 0.2) is 17.5 Å². The molecule has 160 valence electrons. The van der Waals surface area contributed by atoms with Gasteiger partial charge in [-0.25, -0.2) is 4.98 Å². The summed E-state index contributed by atoms with van der Waals surface area (Å²) in [5.41, 5.74) is 3.43. The van der Waals surface area contributed by atoms with Crippen molar-refractivity contribution in [3.05, 3.63) is 65.0 Å². The van der Waals surface area contributed by atoms with Gasteiger partial charge in [-0.2, -0.15) is 0 Å². The second-order valence-corrected chi connectivity index (χ2v) is 7.74. The number of nitrogens with zero attached hydrogens (tertiary/aromatic N) is 1. The molecule has 2 amide bonds. The first-order valence-corrected chi connectivity index (χ1v) is 10.6. The summed E-state index contributed by atoms with van der Waals surface area (Å²) < 4.78 is 5.45. The van der Waals surface area contributed by atoms with Gasteiger partial charge in [0, 0.05) is 30.0 Å². The summed E-state index contributed by atoms with van der Waals surface area (Å²) in [4.78, 5) is 38.8. The van der Waals surface area contributed by atoms with Crippen molar-refractivity contribution in [1.82, 2.24) is 10.3 Å². The van der Waals surface area contributed by atoms with Crippen LogP contribution in [0.15, 0.2) is 53.9 Å². The van der Waals surface area contributed by atoms with E-state index in [0.29, 0.717) is 23.0 Å². The second-order valence-electron chi connectivity index (χ2n) is 6.89. The van der Waals surface area contributed by atoms with E-state index < -0.39 is 0 Å². The van der Waals surface area contributed by atoms with Crippen LogP contribution < -0.4 is 15.4 Å². The molecule has 0 aliphatic heterocycles. The van der Waals surface area contributed by atoms with E-state index in [1.807, 2.05) is 29.6 Å². The van der Waals surface area contributed by atoms with Crippen LogP contribution in [0.1, 0.15) is 29.8 Å². The van der Waals surface area contributed by atoms with E-state index in [1.54, 1.807) is 24.3 Å². The van der Waals surface area contributed by atoms with E-state index in [0.717, 1.165) is 23.2 Å². The molecular weight excluding hydrogens is 414 g/mol. The molecule has 2 N–H and O–H groups in total. The zero-order valence-corrected chi connectivity index (χ0v) is 18.1. The van der Waals surface area contributed by atoms with Gasteiger partial charge in [0.05, 0.1) is 5.69 Å². The molecule has 7 nitrogen and oxygen atoms in total. The molecule has 0 aliphatic carbocycles. The van der Waals surface area contributed by atoms with E-state index in [4.69, 9.17) is 4.74 Å². The number of carbonyl (C=O) groups excluding carboxylic acids is 3. The third-order valence-corrected chi connectivity index (χ3v) is 5.18. The topological polar surface area (TPSA) is 97.4 Å². The predicted octanol–water partition coefficient (Wildman–Crippen LogP) is 3.71. The highest BCUT2D eigenvalue weighted by molar-refractivity contribution is 7.14. The Labute approximate surface area is 184 Å². The lowest BCUT2D eigenvalue weighted by atomic mass is 10.1. The standard InChI is InChI=1S/C23H23N3O4S/c1-15(27)18-7-9-20(10-8-18)30-13-22(29)26-23-25-21(14-31-23)19-5-3-17(4-6-19)11-12-24-16(2)28/h3-10,14H,11-13H2,1-2H3,(H,24,28)(H,25,26,29). The quantitative estimate of drug-likeness (QED) is 0.498. The minimum atomic E-state index is -0.315. The molecule has 1 heterocycles. The van der Waals surface area contributed by atoms with Crippen LogP contribution in [0.4, 0.5) is 5.13 Å². The summed E-state index contributed by atoms with van der Waals surface area (Å²) in [6.45, 7) is 3.44. The van der Waals surface area contributed by atoms with Crippen LogP contribution in [0.25, 0.3) is 11.3 Å². The lowest BCUT2D eigenvalue weighted by Gasteiger charge is -2.06. The number of rotatable bonds is 9. The highest BCUT2D eigenvalue weighted by Crippen LogP contribution is 2.25. The van der Waals surface area contributed by atoms with Gasteiger partial charge in [0.1, 0.15) is 5.75 Å². The van der Waals surface area contributed by atoms with Gasteiger partial charge in [0.2, 0.25) is 5.91 Å². The van der Waals surface area contributed by atoms with Crippen LogP contribution in [0.3, 0.4) is 0 Å². The van der Waals surface area contributed by atoms with Crippen molar-refractivity contribution >= 4 is 34.1 Å². The first-order chi connectivity index (χ1) is 14.9. The maximum atomic E-state index is 12.1. The molecule has 8 heteroatoms. The molecule has 0 saturated carbocycles. The normalized spacial score (nSPS) is 10.4. The Bertz CT molecular complexity index is 1060. The fourth-order valence-corrected chi connectivity index (χ4v) is 3.51. The van der Waals surface area contributed by atoms with E-state index in [9.17, 15) is 14.4 Å². The van der Waals surface area contributed by atoms with Gasteiger partial charge < -0.3 is 10.1 Å². The third kappa shape index (κ3) is 6.75. The molecule has 0 radical (unpaired) electrons. The number of Topliss-reactive ketones (excluding diaryl/α,β-unsaturated/α-hetero) is 1. The maximum absolute atomic E-state index is 12.1. The number of anilines is 1. The Morgan fingerprint density at radius 2 is 1.71 bits per heavy atom. The van der Waals surface area contributed by atoms with Crippen molar-refractivity contribution in [2.24, 2.45) is 0 Å². The fourth-order valence-electron chi connectivity index (χ4n) is 2.78. The summed E-state index contributed by atoms with van der Waals surface area (Å²) in [7, 11) is 0. The van der Waals surface area contributed by atoms with E-state index in [2.05, 4.69) is 15.6 Å². The highest BCUT2D eigenvalue weighted by Gasteiger charge is 2.09. The van der Waals surface area contributed by atoms with Gasteiger partial charge in [-0.05, 0) is 43.2 Å². The first-order valence-electron chi connectivity index (χ1n) is 9.73. The average molecular weight is 438 g/mol. The van der Waals surface area contributed by atoms with E-state index in [1.165, 1.54) is 25.2 Å². The zero-order chi connectivity index (χ0) is 22.2. The smallest absolute Gasteiger partial charge is 0.264 e. The molecule has 31 heavy (non-hydrogen) atoms. The van der Waals surface area contributed by atoms with Crippen LogP contribution in [0.5, 0.6) is 5.75 Å². The molecule has 3 aromatic rings. The Kier molecular flexibility index (Phi) is 7.50. The van der Waals surface area contributed by atoms with Gasteiger partial charge in [-0.15, -0.1) is 11.3 Å². The third-order valence-electron chi connectivity index (χ3n) is 4.42. The van der Waals surface area contributed by atoms with E-state index in [-0.39, 0.29) is 24.2 Å². The number of ketones is 1. The maximum Gasteiger partial charge on any atom is 0.264 e.